The van der Waals surface area contributed by atoms with Gasteiger partial charge in [-0.1, -0.05) is 39.5 Å². The Labute approximate surface area is 80.7 Å². The summed E-state index contributed by atoms with van der Waals surface area (Å²) in [6.45, 7) is 4.02. The third-order valence-electron chi connectivity index (χ3n) is 2.44. The van der Waals surface area contributed by atoms with Crippen molar-refractivity contribution in [1.82, 2.24) is 0 Å². The van der Waals surface area contributed by atoms with Crippen LogP contribution >= 0.6 is 0 Å². The maximum Gasteiger partial charge on any atom is 0.126 e. The number of hydrogen-bond donors (Lipinski definition) is 0. The molecule has 0 fully saturated rings. The van der Waals surface area contributed by atoms with Crippen LogP contribution in [0.4, 0.5) is 0 Å². The largest absolute Gasteiger partial charge is 0.303 e. The lowest BCUT2D eigenvalue weighted by Crippen LogP contribution is -2.18. The molecule has 0 aromatic carbocycles. The summed E-state index contributed by atoms with van der Waals surface area (Å²) in [4.78, 5) is 21.0. The zero-order chi connectivity index (χ0) is 10.2. The van der Waals surface area contributed by atoms with E-state index in [4.69, 9.17) is 0 Å². The summed E-state index contributed by atoms with van der Waals surface area (Å²) in [5.41, 5.74) is -0.407. The molecule has 0 amide bonds. The average molecular weight is 184 g/mol. The fraction of sp³-hybridized carbons (Fsp3) is 0.818. The van der Waals surface area contributed by atoms with Gasteiger partial charge in [0.2, 0.25) is 0 Å². The number of carbonyl (C=O) groups excluding carboxylic acids is 2. The molecule has 0 aromatic heterocycles. The zero-order valence-corrected chi connectivity index (χ0v) is 8.71. The minimum Gasteiger partial charge on any atom is -0.303 e. The maximum absolute atomic E-state index is 10.7. The van der Waals surface area contributed by atoms with Gasteiger partial charge in [-0.15, -0.1) is 0 Å². The van der Waals surface area contributed by atoms with Crippen LogP contribution < -0.4 is 0 Å². The quantitative estimate of drug-likeness (QED) is 0.429. The van der Waals surface area contributed by atoms with Crippen LogP contribution in [0, 0.1) is 5.41 Å². The topological polar surface area (TPSA) is 34.1 Å². The van der Waals surface area contributed by atoms with Crippen LogP contribution in [0.3, 0.4) is 0 Å². The average Bonchev–Trinajstić information content (AvgIpc) is 2.13. The Morgan fingerprint density at radius 2 is 1.85 bits per heavy atom. The van der Waals surface area contributed by atoms with Gasteiger partial charge >= 0.3 is 0 Å². The molecule has 2 nitrogen and oxygen atoms in total. The highest BCUT2D eigenvalue weighted by Crippen LogP contribution is 2.24. The molecule has 1 atom stereocenters. The third-order valence-corrected chi connectivity index (χ3v) is 2.44. The van der Waals surface area contributed by atoms with Crippen LogP contribution in [0.5, 0.6) is 0 Å². The van der Waals surface area contributed by atoms with Crippen molar-refractivity contribution in [2.75, 3.05) is 0 Å². The van der Waals surface area contributed by atoms with Crippen molar-refractivity contribution in [1.29, 1.82) is 0 Å². The lowest BCUT2D eigenvalue weighted by Gasteiger charge is -2.19. The van der Waals surface area contributed by atoms with Crippen LogP contribution in [0.1, 0.15) is 52.4 Å². The molecule has 76 valence electrons. The first-order chi connectivity index (χ1) is 6.18. The Bertz CT molecular complexity index is 154. The highest BCUT2D eigenvalue weighted by Gasteiger charge is 2.21. The van der Waals surface area contributed by atoms with Gasteiger partial charge in [-0.25, -0.2) is 0 Å². The second kappa shape index (κ2) is 6.81. The lowest BCUT2D eigenvalue weighted by atomic mass is 9.83. The van der Waals surface area contributed by atoms with E-state index < -0.39 is 5.41 Å². The number of carbonyl (C=O) groups is 2. The Hall–Kier alpha value is -0.660. The van der Waals surface area contributed by atoms with E-state index in [1.807, 2.05) is 6.92 Å². The van der Waals surface area contributed by atoms with E-state index in [1.54, 1.807) is 0 Å². The van der Waals surface area contributed by atoms with E-state index in [2.05, 4.69) is 6.92 Å². The Balaban J connectivity index is 3.69. The number of unbranched alkanes of at least 4 members (excludes halogenated alkanes) is 3. The van der Waals surface area contributed by atoms with Crippen molar-refractivity contribution in [3.63, 3.8) is 0 Å². The van der Waals surface area contributed by atoms with Gasteiger partial charge in [0.15, 0.2) is 0 Å². The predicted octanol–water partition coefficient (Wildman–Crippen LogP) is 2.75. The highest BCUT2D eigenvalue weighted by molar-refractivity contribution is 5.65. The predicted molar refractivity (Wildman–Crippen MR) is 53.6 cm³/mol. The van der Waals surface area contributed by atoms with Crippen molar-refractivity contribution in [2.24, 2.45) is 5.41 Å². The van der Waals surface area contributed by atoms with Crippen molar-refractivity contribution in [3.8, 4) is 0 Å². The molecule has 0 bridgehead atoms. The van der Waals surface area contributed by atoms with Gasteiger partial charge in [-0.3, -0.25) is 0 Å². The van der Waals surface area contributed by atoms with Crippen molar-refractivity contribution < 1.29 is 9.59 Å². The fourth-order valence-corrected chi connectivity index (χ4v) is 1.36. The first kappa shape index (κ1) is 12.3. The molecule has 1 unspecified atom stereocenters. The molecule has 0 aromatic rings. The molecule has 0 heterocycles. The molecular weight excluding hydrogens is 164 g/mol. The summed E-state index contributed by atoms with van der Waals surface area (Å²) in [5, 5.41) is 0. The normalized spacial score (nSPS) is 14.9. The minimum absolute atomic E-state index is 0.364. The van der Waals surface area contributed by atoms with Gasteiger partial charge in [-0.05, 0) is 6.42 Å². The van der Waals surface area contributed by atoms with E-state index in [1.165, 1.54) is 19.3 Å². The highest BCUT2D eigenvalue weighted by atomic mass is 16.1. The van der Waals surface area contributed by atoms with Crippen LogP contribution in [0.15, 0.2) is 0 Å². The van der Waals surface area contributed by atoms with Crippen LogP contribution in [0.25, 0.3) is 0 Å². The maximum atomic E-state index is 10.7. The first-order valence-electron chi connectivity index (χ1n) is 5.08. The molecule has 0 aliphatic rings. The van der Waals surface area contributed by atoms with E-state index in [9.17, 15) is 9.59 Å². The Morgan fingerprint density at radius 3 is 2.31 bits per heavy atom. The van der Waals surface area contributed by atoms with Gasteiger partial charge in [0.1, 0.15) is 12.6 Å². The summed E-state index contributed by atoms with van der Waals surface area (Å²) in [5.74, 6) is 0. The van der Waals surface area contributed by atoms with E-state index >= 15 is 0 Å². The third kappa shape index (κ3) is 5.56. The molecule has 0 radical (unpaired) electrons. The summed E-state index contributed by atoms with van der Waals surface area (Å²) in [6.07, 6.45) is 7.61. The SMILES string of the molecule is CCCCCCC(C)(C=O)CC=O. The van der Waals surface area contributed by atoms with Crippen LogP contribution in [-0.2, 0) is 9.59 Å². The summed E-state index contributed by atoms with van der Waals surface area (Å²) >= 11 is 0. The molecule has 13 heavy (non-hydrogen) atoms. The Kier molecular flexibility index (Phi) is 6.47. The van der Waals surface area contributed by atoms with E-state index in [-0.39, 0.29) is 0 Å². The molecular formula is C11H20O2. The van der Waals surface area contributed by atoms with E-state index in [0.717, 1.165) is 25.4 Å². The molecule has 0 aliphatic heterocycles. The fourth-order valence-electron chi connectivity index (χ4n) is 1.36. The van der Waals surface area contributed by atoms with Crippen molar-refractivity contribution >= 4 is 12.6 Å². The number of hydrogen-bond acceptors (Lipinski definition) is 2. The first-order valence-corrected chi connectivity index (χ1v) is 5.08. The smallest absolute Gasteiger partial charge is 0.126 e. The van der Waals surface area contributed by atoms with Gasteiger partial charge in [-0.2, -0.15) is 0 Å². The van der Waals surface area contributed by atoms with Crippen LogP contribution in [-0.4, -0.2) is 12.6 Å². The number of aldehydes is 2. The summed E-state index contributed by atoms with van der Waals surface area (Å²) in [7, 11) is 0. The second-order valence-corrected chi connectivity index (χ2v) is 3.95. The van der Waals surface area contributed by atoms with Gasteiger partial charge < -0.3 is 9.59 Å². The standard InChI is InChI=1S/C11H20O2/c1-3-4-5-6-7-11(2,10-13)8-9-12/h9-10H,3-8H2,1-2H3. The molecule has 0 rings (SSSR count). The second-order valence-electron chi connectivity index (χ2n) is 3.95. The molecule has 0 spiro atoms. The van der Waals surface area contributed by atoms with Gasteiger partial charge in [0.25, 0.3) is 0 Å². The van der Waals surface area contributed by atoms with Crippen molar-refractivity contribution in [3.05, 3.63) is 0 Å². The van der Waals surface area contributed by atoms with Crippen LogP contribution in [0.2, 0.25) is 0 Å². The van der Waals surface area contributed by atoms with E-state index in [0.29, 0.717) is 6.42 Å². The zero-order valence-electron chi connectivity index (χ0n) is 8.71. The lowest BCUT2D eigenvalue weighted by molar-refractivity contribution is -0.120. The molecule has 0 N–H and O–H groups in total. The van der Waals surface area contributed by atoms with Gasteiger partial charge in [0.05, 0.1) is 0 Å². The Morgan fingerprint density at radius 1 is 1.15 bits per heavy atom. The minimum atomic E-state index is -0.407. The molecule has 0 saturated carbocycles. The molecule has 0 aliphatic carbocycles. The van der Waals surface area contributed by atoms with Gasteiger partial charge in [0, 0.05) is 11.8 Å². The monoisotopic (exact) mass is 184 g/mol. The summed E-state index contributed by atoms with van der Waals surface area (Å²) in [6, 6.07) is 0. The number of rotatable bonds is 8. The van der Waals surface area contributed by atoms with Crippen molar-refractivity contribution in [2.45, 2.75) is 52.4 Å². The molecule has 0 saturated heterocycles. The molecule has 2 heteroatoms. The summed E-state index contributed by atoms with van der Waals surface area (Å²) < 4.78 is 0.